The van der Waals surface area contributed by atoms with Crippen LogP contribution < -0.4 is 0 Å². The standard InChI is InChI=1S/C13H7Cl2F3N4S/c1-5-9-10(19-12(13(16,17)18)20-11(9)23)22(21-5)8-4-6(14)2-3-7(8)15/h2-4H,1H3,(H,19,20,23). The van der Waals surface area contributed by atoms with Crippen LogP contribution in [0.2, 0.25) is 10.0 Å². The lowest BCUT2D eigenvalue weighted by Crippen LogP contribution is -2.12. The SMILES string of the molecule is Cc1nn(-c2cc(Cl)ccc2Cl)c2[nH]c(C(F)(F)F)nc(=S)c12. The molecule has 2 aromatic heterocycles. The maximum absolute atomic E-state index is 13.0. The van der Waals surface area contributed by atoms with E-state index in [1.165, 1.54) is 16.8 Å². The first-order valence-corrected chi connectivity index (χ1v) is 7.37. The Kier molecular flexibility index (Phi) is 3.86. The summed E-state index contributed by atoms with van der Waals surface area (Å²) in [4.78, 5) is 5.64. The van der Waals surface area contributed by atoms with Crippen LogP contribution in [0, 0.1) is 11.6 Å². The first kappa shape index (κ1) is 16.2. The molecule has 0 saturated heterocycles. The molecule has 0 bridgehead atoms. The fourth-order valence-corrected chi connectivity index (χ4v) is 2.85. The second kappa shape index (κ2) is 5.47. The van der Waals surface area contributed by atoms with Gasteiger partial charge in [-0.3, -0.25) is 0 Å². The van der Waals surface area contributed by atoms with E-state index >= 15 is 0 Å². The van der Waals surface area contributed by atoms with Gasteiger partial charge in [0, 0.05) is 5.02 Å². The van der Waals surface area contributed by atoms with E-state index in [0.29, 0.717) is 21.8 Å². The minimum Gasteiger partial charge on any atom is -0.320 e. The van der Waals surface area contributed by atoms with E-state index in [1.807, 2.05) is 0 Å². The van der Waals surface area contributed by atoms with Gasteiger partial charge in [-0.1, -0.05) is 35.4 Å². The zero-order valence-corrected chi connectivity index (χ0v) is 13.7. The average molecular weight is 379 g/mol. The molecule has 120 valence electrons. The Morgan fingerprint density at radius 3 is 2.61 bits per heavy atom. The molecule has 0 aliphatic carbocycles. The second-order valence-electron chi connectivity index (χ2n) is 4.70. The van der Waals surface area contributed by atoms with Crippen LogP contribution in [0.3, 0.4) is 0 Å². The van der Waals surface area contributed by atoms with Crippen molar-refractivity contribution in [2.75, 3.05) is 0 Å². The molecule has 3 rings (SSSR count). The molecule has 0 radical (unpaired) electrons. The maximum Gasteiger partial charge on any atom is 0.449 e. The van der Waals surface area contributed by atoms with Crippen molar-refractivity contribution in [2.24, 2.45) is 0 Å². The molecule has 1 aromatic carbocycles. The van der Waals surface area contributed by atoms with E-state index in [4.69, 9.17) is 35.4 Å². The van der Waals surface area contributed by atoms with Crippen LogP contribution in [-0.2, 0) is 6.18 Å². The second-order valence-corrected chi connectivity index (χ2v) is 5.94. The van der Waals surface area contributed by atoms with Gasteiger partial charge in [0.25, 0.3) is 0 Å². The minimum absolute atomic E-state index is 0.0546. The maximum atomic E-state index is 13.0. The number of nitrogens with one attached hydrogen (secondary N) is 1. The highest BCUT2D eigenvalue weighted by Crippen LogP contribution is 2.31. The van der Waals surface area contributed by atoms with Crippen LogP contribution in [0.15, 0.2) is 18.2 Å². The molecule has 0 aliphatic heterocycles. The lowest BCUT2D eigenvalue weighted by Gasteiger charge is -2.09. The van der Waals surface area contributed by atoms with Gasteiger partial charge >= 0.3 is 6.18 Å². The zero-order chi connectivity index (χ0) is 16.9. The van der Waals surface area contributed by atoms with Gasteiger partial charge in [0.1, 0.15) is 10.3 Å². The molecule has 0 aliphatic rings. The van der Waals surface area contributed by atoms with Gasteiger partial charge in [0.05, 0.1) is 21.8 Å². The normalized spacial score (nSPS) is 12.1. The van der Waals surface area contributed by atoms with Gasteiger partial charge in [0.2, 0.25) is 5.82 Å². The summed E-state index contributed by atoms with van der Waals surface area (Å²) in [6.45, 7) is 1.62. The summed E-state index contributed by atoms with van der Waals surface area (Å²) in [5.41, 5.74) is 0.819. The van der Waals surface area contributed by atoms with Gasteiger partial charge < -0.3 is 4.98 Å². The van der Waals surface area contributed by atoms with Crippen molar-refractivity contribution in [2.45, 2.75) is 13.1 Å². The van der Waals surface area contributed by atoms with E-state index in [0.717, 1.165) is 0 Å². The number of fused-ring (bicyclic) bond motifs is 1. The lowest BCUT2D eigenvalue weighted by atomic mass is 10.3. The molecule has 2 heterocycles. The first-order chi connectivity index (χ1) is 10.7. The number of aryl methyl sites for hydroxylation is 1. The summed E-state index contributed by atoms with van der Waals surface area (Å²) in [6, 6.07) is 4.60. The van der Waals surface area contributed by atoms with E-state index in [2.05, 4.69) is 15.1 Å². The Bertz CT molecular complexity index is 978. The number of H-pyrrole nitrogens is 1. The molecule has 1 N–H and O–H groups in total. The number of hydrogen-bond donors (Lipinski definition) is 1. The smallest absolute Gasteiger partial charge is 0.320 e. The predicted octanol–water partition coefficient (Wildman–Crippen LogP) is 5.11. The Morgan fingerprint density at radius 2 is 1.96 bits per heavy atom. The molecule has 4 nitrogen and oxygen atoms in total. The van der Waals surface area contributed by atoms with Crippen LogP contribution in [0.4, 0.5) is 13.2 Å². The fourth-order valence-electron chi connectivity index (χ4n) is 2.15. The van der Waals surface area contributed by atoms with Crippen molar-refractivity contribution in [3.63, 3.8) is 0 Å². The van der Waals surface area contributed by atoms with Crippen molar-refractivity contribution < 1.29 is 13.2 Å². The third kappa shape index (κ3) is 2.82. The molecule has 10 heteroatoms. The monoisotopic (exact) mass is 378 g/mol. The summed E-state index contributed by atoms with van der Waals surface area (Å²) in [6.07, 6.45) is -4.66. The van der Waals surface area contributed by atoms with Crippen molar-refractivity contribution >= 4 is 46.5 Å². The fraction of sp³-hybridized carbons (Fsp3) is 0.154. The molecular formula is C13H7Cl2F3N4S. The highest BCUT2D eigenvalue weighted by Gasteiger charge is 2.35. The third-order valence-corrected chi connectivity index (χ3v) is 3.98. The highest BCUT2D eigenvalue weighted by molar-refractivity contribution is 7.71. The van der Waals surface area contributed by atoms with E-state index in [9.17, 15) is 13.2 Å². The van der Waals surface area contributed by atoms with Crippen molar-refractivity contribution in [1.82, 2.24) is 19.7 Å². The zero-order valence-electron chi connectivity index (χ0n) is 11.4. The van der Waals surface area contributed by atoms with E-state index in [-0.39, 0.29) is 15.3 Å². The molecule has 3 aromatic rings. The molecule has 0 spiro atoms. The predicted molar refractivity (Wildman–Crippen MR) is 83.8 cm³/mol. The minimum atomic E-state index is -4.66. The molecular weight excluding hydrogens is 372 g/mol. The number of aromatic amines is 1. The van der Waals surface area contributed by atoms with Crippen molar-refractivity contribution in [3.8, 4) is 5.69 Å². The lowest BCUT2D eigenvalue weighted by molar-refractivity contribution is -0.144. The summed E-state index contributed by atoms with van der Waals surface area (Å²) in [7, 11) is 0. The molecule has 0 atom stereocenters. The topological polar surface area (TPSA) is 46.5 Å². The molecule has 0 saturated carbocycles. The third-order valence-electron chi connectivity index (χ3n) is 3.13. The summed E-state index contributed by atoms with van der Waals surface area (Å²) in [5.74, 6) is -1.20. The highest BCUT2D eigenvalue weighted by atomic mass is 35.5. The number of alkyl halides is 3. The van der Waals surface area contributed by atoms with Crippen molar-refractivity contribution in [1.29, 1.82) is 0 Å². The Hall–Kier alpha value is -1.64. The number of aromatic nitrogens is 4. The Morgan fingerprint density at radius 1 is 1.26 bits per heavy atom. The Labute approximate surface area is 142 Å². The van der Waals surface area contributed by atoms with Crippen LogP contribution >= 0.6 is 35.4 Å². The van der Waals surface area contributed by atoms with Gasteiger partial charge in [-0.25, -0.2) is 9.67 Å². The van der Waals surface area contributed by atoms with E-state index in [1.54, 1.807) is 13.0 Å². The number of rotatable bonds is 1. The van der Waals surface area contributed by atoms with Crippen LogP contribution in [0.5, 0.6) is 0 Å². The number of benzene rings is 1. The van der Waals surface area contributed by atoms with Gasteiger partial charge in [-0.15, -0.1) is 0 Å². The van der Waals surface area contributed by atoms with Gasteiger partial charge in [-0.05, 0) is 25.1 Å². The number of halogens is 5. The van der Waals surface area contributed by atoms with Crippen LogP contribution in [0.25, 0.3) is 16.7 Å². The first-order valence-electron chi connectivity index (χ1n) is 6.21. The average Bonchev–Trinajstić information content (AvgIpc) is 2.78. The van der Waals surface area contributed by atoms with Crippen LogP contribution in [0.1, 0.15) is 11.5 Å². The molecule has 0 amide bonds. The molecule has 23 heavy (non-hydrogen) atoms. The Balaban J connectivity index is 2.41. The largest absolute Gasteiger partial charge is 0.449 e. The molecule has 0 fully saturated rings. The quantitative estimate of drug-likeness (QED) is 0.598. The van der Waals surface area contributed by atoms with E-state index < -0.39 is 12.0 Å². The van der Waals surface area contributed by atoms with Gasteiger partial charge in [0.15, 0.2) is 0 Å². The van der Waals surface area contributed by atoms with Crippen LogP contribution in [-0.4, -0.2) is 19.7 Å². The van der Waals surface area contributed by atoms with Gasteiger partial charge in [-0.2, -0.15) is 18.3 Å². The number of hydrogen-bond acceptors (Lipinski definition) is 3. The number of nitrogens with zero attached hydrogens (tertiary/aromatic N) is 3. The summed E-state index contributed by atoms with van der Waals surface area (Å²) >= 11 is 17.0. The molecule has 0 unspecified atom stereocenters. The van der Waals surface area contributed by atoms with Crippen molar-refractivity contribution in [3.05, 3.63) is 44.4 Å². The summed E-state index contributed by atoms with van der Waals surface area (Å²) in [5, 5.41) is 5.19. The summed E-state index contributed by atoms with van der Waals surface area (Å²) < 4.78 is 39.9.